The molecular weight excluding hydrogens is 443 g/mol. The molecule has 0 radical (unpaired) electrons. The number of halogens is 1. The van der Waals surface area contributed by atoms with Crippen LogP contribution < -0.4 is 5.32 Å². The average molecular weight is 477 g/mol. The predicted octanol–water partition coefficient (Wildman–Crippen LogP) is 4.01. The van der Waals surface area contributed by atoms with Gasteiger partial charge in [-0.25, -0.2) is 9.18 Å². The summed E-state index contributed by atoms with van der Waals surface area (Å²) in [7, 11) is 1.34. The van der Waals surface area contributed by atoms with E-state index < -0.39 is 30.0 Å². The first-order valence-electron chi connectivity index (χ1n) is 10.8. The molecule has 1 N–H and O–H groups in total. The maximum atomic E-state index is 13.6. The fourth-order valence-corrected chi connectivity index (χ4v) is 3.53. The molecule has 34 heavy (non-hydrogen) atoms. The Morgan fingerprint density at radius 2 is 1.71 bits per heavy atom. The van der Waals surface area contributed by atoms with Gasteiger partial charge in [0.05, 0.1) is 7.11 Å². The molecule has 0 aromatic heterocycles. The number of aliphatic imine (C=N–C) groups is 1. The minimum Gasteiger partial charge on any atom is -0.493 e. The lowest BCUT2D eigenvalue weighted by atomic mass is 9.88. The summed E-state index contributed by atoms with van der Waals surface area (Å²) >= 11 is 0. The topological polar surface area (TPSA) is 103 Å². The van der Waals surface area contributed by atoms with E-state index in [1.54, 1.807) is 27.7 Å². The average Bonchev–Trinajstić information content (AvgIpc) is 2.73. The fourth-order valence-electron chi connectivity index (χ4n) is 3.53. The van der Waals surface area contributed by atoms with Gasteiger partial charge in [-0.1, -0.05) is 6.92 Å². The highest BCUT2D eigenvalue weighted by molar-refractivity contribution is 5.97. The molecule has 0 heterocycles. The number of allylic oxidation sites excluding steroid dienone is 1. The number of nitrogens with one attached hydrogen (secondary N) is 1. The van der Waals surface area contributed by atoms with Crippen molar-refractivity contribution in [1.82, 2.24) is 5.32 Å². The number of esters is 2. The highest BCUT2D eigenvalue weighted by atomic mass is 19.1. The lowest BCUT2D eigenvalue weighted by molar-refractivity contribution is -0.152. The summed E-state index contributed by atoms with van der Waals surface area (Å²) in [6, 6.07) is 1.82. The minimum absolute atomic E-state index is 0.0930. The van der Waals surface area contributed by atoms with Crippen LogP contribution in [0.25, 0.3) is 0 Å². The SMILES string of the molecule is C=N/C(C(=O)N[C@@H](C)C(=O)O[C@H](C)[C@H](C)c1c(C)cc(F)cc1C)=C(OC(C)=O)\C(=C/C)OC. The van der Waals surface area contributed by atoms with E-state index in [-0.39, 0.29) is 29.0 Å². The number of hydrogen-bond acceptors (Lipinski definition) is 7. The van der Waals surface area contributed by atoms with E-state index in [2.05, 4.69) is 17.0 Å². The van der Waals surface area contributed by atoms with Crippen molar-refractivity contribution in [2.24, 2.45) is 4.99 Å². The number of rotatable bonds is 10. The Morgan fingerprint density at radius 3 is 2.15 bits per heavy atom. The van der Waals surface area contributed by atoms with Gasteiger partial charge in [-0.2, -0.15) is 0 Å². The van der Waals surface area contributed by atoms with Crippen LogP contribution in [0.3, 0.4) is 0 Å². The zero-order chi connectivity index (χ0) is 26.2. The summed E-state index contributed by atoms with van der Waals surface area (Å²) in [4.78, 5) is 40.6. The molecule has 0 fully saturated rings. The summed E-state index contributed by atoms with van der Waals surface area (Å²) < 4.78 is 29.4. The van der Waals surface area contributed by atoms with Crippen LogP contribution in [0.4, 0.5) is 4.39 Å². The standard InChI is InChI=1S/C25H33FN2O6/c1-10-20(32-9)23(34-18(7)29)22(27-8)24(30)28-16(5)25(31)33-17(6)15(4)21-13(2)11-19(26)12-14(21)3/h10-12,15-17H,8H2,1-7,9H3,(H,28,30)/b20-10+,23-22+/t15-,16-,17+/m0/s1. The second-order valence-corrected chi connectivity index (χ2v) is 7.87. The van der Waals surface area contributed by atoms with E-state index in [1.807, 2.05) is 6.92 Å². The molecule has 0 saturated carbocycles. The Labute approximate surface area is 199 Å². The van der Waals surface area contributed by atoms with Gasteiger partial charge in [-0.3, -0.25) is 14.6 Å². The molecule has 9 heteroatoms. The van der Waals surface area contributed by atoms with Crippen LogP contribution in [0.5, 0.6) is 0 Å². The summed E-state index contributed by atoms with van der Waals surface area (Å²) in [6.07, 6.45) is 0.929. The van der Waals surface area contributed by atoms with Crippen LogP contribution in [0.2, 0.25) is 0 Å². The van der Waals surface area contributed by atoms with E-state index in [4.69, 9.17) is 14.2 Å². The second-order valence-electron chi connectivity index (χ2n) is 7.87. The smallest absolute Gasteiger partial charge is 0.328 e. The number of benzene rings is 1. The van der Waals surface area contributed by atoms with Crippen LogP contribution in [0, 0.1) is 19.7 Å². The quantitative estimate of drug-likeness (QED) is 0.180. The van der Waals surface area contributed by atoms with Crippen LogP contribution in [0.1, 0.15) is 57.2 Å². The number of hydrogen-bond donors (Lipinski definition) is 1. The van der Waals surface area contributed by atoms with E-state index >= 15 is 0 Å². The lowest BCUT2D eigenvalue weighted by Gasteiger charge is -2.25. The van der Waals surface area contributed by atoms with Gasteiger partial charge in [0.15, 0.2) is 11.5 Å². The van der Waals surface area contributed by atoms with Crippen molar-refractivity contribution < 1.29 is 33.0 Å². The Balaban J connectivity index is 3.04. The van der Waals surface area contributed by atoms with E-state index in [0.717, 1.165) is 23.6 Å². The molecule has 8 nitrogen and oxygen atoms in total. The third-order valence-electron chi connectivity index (χ3n) is 5.26. The van der Waals surface area contributed by atoms with Crippen molar-refractivity contribution in [1.29, 1.82) is 0 Å². The second kappa shape index (κ2) is 12.7. The highest BCUT2D eigenvalue weighted by Crippen LogP contribution is 2.29. The summed E-state index contributed by atoms with van der Waals surface area (Å²) in [5.41, 5.74) is 2.08. The number of methoxy groups -OCH3 is 1. The first-order chi connectivity index (χ1) is 15.9. The van der Waals surface area contributed by atoms with Crippen molar-refractivity contribution in [3.63, 3.8) is 0 Å². The Morgan fingerprint density at radius 1 is 1.15 bits per heavy atom. The molecule has 1 aromatic carbocycles. The van der Waals surface area contributed by atoms with Gasteiger partial charge < -0.3 is 19.5 Å². The molecule has 186 valence electrons. The van der Waals surface area contributed by atoms with E-state index in [1.165, 1.54) is 32.2 Å². The van der Waals surface area contributed by atoms with Crippen molar-refractivity contribution in [2.75, 3.05) is 7.11 Å². The Kier molecular flexibility index (Phi) is 10.6. The van der Waals surface area contributed by atoms with Crippen molar-refractivity contribution in [3.8, 4) is 0 Å². The first-order valence-corrected chi connectivity index (χ1v) is 10.8. The number of nitrogens with zero attached hydrogens (tertiary/aromatic N) is 1. The van der Waals surface area contributed by atoms with Crippen LogP contribution in [0.15, 0.2) is 40.4 Å². The molecule has 3 atom stereocenters. The molecule has 1 aromatic rings. The van der Waals surface area contributed by atoms with Crippen molar-refractivity contribution in [2.45, 2.75) is 66.5 Å². The molecule has 1 rings (SSSR count). The van der Waals surface area contributed by atoms with Gasteiger partial charge in [0, 0.05) is 12.8 Å². The molecule has 1 amide bonds. The number of amides is 1. The van der Waals surface area contributed by atoms with Crippen LogP contribution >= 0.6 is 0 Å². The number of aryl methyl sites for hydroxylation is 2. The van der Waals surface area contributed by atoms with Crippen LogP contribution in [-0.2, 0) is 28.6 Å². The van der Waals surface area contributed by atoms with E-state index in [9.17, 15) is 18.8 Å². The lowest BCUT2D eigenvalue weighted by Crippen LogP contribution is -2.42. The first kappa shape index (κ1) is 28.5. The molecule has 0 bridgehead atoms. The van der Waals surface area contributed by atoms with Gasteiger partial charge in [0.25, 0.3) is 5.91 Å². The largest absolute Gasteiger partial charge is 0.493 e. The molecule has 0 unspecified atom stereocenters. The van der Waals surface area contributed by atoms with Gasteiger partial charge in [0.1, 0.15) is 18.0 Å². The molecular formula is C25H33FN2O6. The number of carbonyl (C=O) groups excluding carboxylic acids is 3. The maximum Gasteiger partial charge on any atom is 0.328 e. The van der Waals surface area contributed by atoms with Crippen molar-refractivity contribution in [3.05, 3.63) is 57.9 Å². The molecule has 0 aliphatic heterocycles. The van der Waals surface area contributed by atoms with Gasteiger partial charge in [0.2, 0.25) is 5.76 Å². The number of ether oxygens (including phenoxy) is 3. The number of carbonyl (C=O) groups is 3. The zero-order valence-corrected chi connectivity index (χ0v) is 20.9. The third-order valence-corrected chi connectivity index (χ3v) is 5.26. The van der Waals surface area contributed by atoms with Gasteiger partial charge in [-0.05, 0) is 76.2 Å². The normalized spacial score (nSPS) is 14.8. The van der Waals surface area contributed by atoms with E-state index in [0.29, 0.717) is 0 Å². The zero-order valence-electron chi connectivity index (χ0n) is 20.9. The summed E-state index contributed by atoms with van der Waals surface area (Å²) in [5.74, 6) is -2.85. The Bertz CT molecular complexity index is 992. The summed E-state index contributed by atoms with van der Waals surface area (Å²) in [6.45, 7) is 14.8. The Hall–Kier alpha value is -3.49. The fraction of sp³-hybridized carbons (Fsp3) is 0.440. The minimum atomic E-state index is -1.05. The maximum absolute atomic E-state index is 13.6. The van der Waals surface area contributed by atoms with Gasteiger partial charge in [-0.15, -0.1) is 0 Å². The highest BCUT2D eigenvalue weighted by Gasteiger charge is 2.28. The van der Waals surface area contributed by atoms with Crippen LogP contribution in [-0.4, -0.2) is 43.8 Å². The molecule has 0 spiro atoms. The predicted molar refractivity (Wildman–Crippen MR) is 127 cm³/mol. The molecule has 0 saturated heterocycles. The van der Waals surface area contributed by atoms with Crippen molar-refractivity contribution >= 4 is 24.6 Å². The third kappa shape index (κ3) is 7.26. The monoisotopic (exact) mass is 476 g/mol. The summed E-state index contributed by atoms with van der Waals surface area (Å²) in [5, 5.41) is 2.47. The molecule has 0 aliphatic rings. The molecule has 0 aliphatic carbocycles. The van der Waals surface area contributed by atoms with Gasteiger partial charge >= 0.3 is 11.9 Å².